The Morgan fingerprint density at radius 3 is 1.39 bits per heavy atom. The number of ether oxygens (including phenoxy) is 2. The lowest BCUT2D eigenvalue weighted by molar-refractivity contribution is 0.412. The van der Waals surface area contributed by atoms with E-state index in [2.05, 4.69) is 0 Å². The van der Waals surface area contributed by atoms with Crippen molar-refractivity contribution in [1.82, 2.24) is 0 Å². The minimum absolute atomic E-state index is 0.140. The molecule has 0 aliphatic heterocycles. The average molecular weight is 481 g/mol. The summed E-state index contributed by atoms with van der Waals surface area (Å²) in [4.78, 5) is 9.82. The Labute approximate surface area is 210 Å². The van der Waals surface area contributed by atoms with Crippen LogP contribution in [0.25, 0.3) is 0 Å². The molecule has 0 unspecified atom stereocenters. The number of hydrogen-bond acceptors (Lipinski definition) is 6. The Bertz CT molecular complexity index is 1260. The van der Waals surface area contributed by atoms with E-state index in [0.717, 1.165) is 11.1 Å². The summed E-state index contributed by atoms with van der Waals surface area (Å²) in [5, 5.41) is 20.6. The summed E-state index contributed by atoms with van der Waals surface area (Å²) in [6.45, 7) is 0. The van der Waals surface area contributed by atoms with Gasteiger partial charge in [0.15, 0.2) is 0 Å². The molecule has 0 saturated heterocycles. The first kappa shape index (κ1) is 24.5. The van der Waals surface area contributed by atoms with Crippen molar-refractivity contribution in [2.45, 2.75) is 12.1 Å². The first-order valence-electron chi connectivity index (χ1n) is 11.5. The van der Waals surface area contributed by atoms with Crippen LogP contribution >= 0.6 is 0 Å². The van der Waals surface area contributed by atoms with Gasteiger partial charge >= 0.3 is 0 Å². The number of benzene rings is 4. The smallest absolute Gasteiger partial charge is 0.124 e. The summed E-state index contributed by atoms with van der Waals surface area (Å²) in [5.74, 6) is 1.68. The Kier molecular flexibility index (Phi) is 7.98. The predicted octanol–water partition coefficient (Wildman–Crippen LogP) is 6.14. The molecule has 0 aliphatic carbocycles. The van der Waals surface area contributed by atoms with Gasteiger partial charge in [-0.2, -0.15) is 0 Å². The second kappa shape index (κ2) is 11.7. The number of hydrogen-bond donors (Lipinski definition) is 2. The highest BCUT2D eigenvalue weighted by Crippen LogP contribution is 2.38. The minimum Gasteiger partial charge on any atom is -0.507 e. The van der Waals surface area contributed by atoms with Crippen LogP contribution in [0.15, 0.2) is 107 Å². The number of nitrogens with zero attached hydrogens (tertiary/aromatic N) is 2. The number of rotatable bonds is 9. The molecule has 6 heteroatoms. The molecule has 36 heavy (non-hydrogen) atoms. The number of aromatic hydroxyl groups is 2. The summed E-state index contributed by atoms with van der Waals surface area (Å²) in [6, 6.07) is 28.5. The maximum absolute atomic E-state index is 10.3. The van der Waals surface area contributed by atoms with Gasteiger partial charge in [0, 0.05) is 23.6 Å². The SMILES string of the molecule is COc1cccc([C@@H](N=Cc2ccccc2O)[C@@H](N=Cc2ccccc2O)c2cccc(OC)c2)c1. The van der Waals surface area contributed by atoms with Gasteiger partial charge in [0.25, 0.3) is 0 Å². The van der Waals surface area contributed by atoms with Gasteiger partial charge in [-0.1, -0.05) is 48.5 Å². The lowest BCUT2D eigenvalue weighted by Gasteiger charge is -2.23. The number of phenolic OH excluding ortho intramolecular Hbond substituents is 2. The lowest BCUT2D eigenvalue weighted by atomic mass is 9.93. The first-order valence-corrected chi connectivity index (χ1v) is 11.5. The van der Waals surface area contributed by atoms with Crippen LogP contribution in [0.5, 0.6) is 23.0 Å². The molecule has 0 saturated carbocycles. The highest BCUT2D eigenvalue weighted by Gasteiger charge is 2.25. The van der Waals surface area contributed by atoms with Gasteiger partial charge in [0.2, 0.25) is 0 Å². The van der Waals surface area contributed by atoms with Gasteiger partial charge < -0.3 is 19.7 Å². The van der Waals surface area contributed by atoms with Gasteiger partial charge in [-0.3, -0.25) is 9.98 Å². The van der Waals surface area contributed by atoms with Crippen molar-refractivity contribution in [3.05, 3.63) is 119 Å². The molecule has 0 spiro atoms. The van der Waals surface area contributed by atoms with E-state index in [9.17, 15) is 10.2 Å². The first-order chi connectivity index (χ1) is 17.6. The van der Waals surface area contributed by atoms with E-state index in [-0.39, 0.29) is 11.5 Å². The second-order valence-corrected chi connectivity index (χ2v) is 8.12. The minimum atomic E-state index is -0.478. The van der Waals surface area contributed by atoms with Crippen molar-refractivity contribution < 1.29 is 19.7 Å². The Balaban J connectivity index is 1.86. The van der Waals surface area contributed by atoms with E-state index in [1.165, 1.54) is 0 Å². The molecule has 2 N–H and O–H groups in total. The number of para-hydroxylation sites is 2. The van der Waals surface area contributed by atoms with Crippen LogP contribution in [-0.2, 0) is 0 Å². The number of aliphatic imine (C=N–C) groups is 2. The molecular weight excluding hydrogens is 452 g/mol. The van der Waals surface area contributed by atoms with Crippen LogP contribution in [-0.4, -0.2) is 36.9 Å². The van der Waals surface area contributed by atoms with E-state index in [1.54, 1.807) is 63.0 Å². The van der Waals surface area contributed by atoms with Crippen LogP contribution < -0.4 is 9.47 Å². The van der Waals surface area contributed by atoms with E-state index in [1.807, 2.05) is 60.7 Å². The van der Waals surface area contributed by atoms with Crippen molar-refractivity contribution >= 4 is 12.4 Å². The largest absolute Gasteiger partial charge is 0.507 e. The van der Waals surface area contributed by atoms with Crippen LogP contribution in [0.2, 0.25) is 0 Å². The van der Waals surface area contributed by atoms with Gasteiger partial charge in [-0.05, 0) is 59.7 Å². The van der Waals surface area contributed by atoms with Crippen molar-refractivity contribution in [2.24, 2.45) is 9.98 Å². The number of phenols is 2. The highest BCUT2D eigenvalue weighted by atomic mass is 16.5. The zero-order valence-corrected chi connectivity index (χ0v) is 20.2. The van der Waals surface area contributed by atoms with Gasteiger partial charge in [-0.15, -0.1) is 0 Å². The van der Waals surface area contributed by atoms with Crippen LogP contribution in [0.3, 0.4) is 0 Å². The molecule has 0 bridgehead atoms. The molecule has 4 rings (SSSR count). The molecule has 0 amide bonds. The third-order valence-electron chi connectivity index (χ3n) is 5.79. The number of methoxy groups -OCH3 is 2. The summed E-state index contributed by atoms with van der Waals surface area (Å²) >= 11 is 0. The molecule has 6 nitrogen and oxygen atoms in total. The molecule has 4 aromatic carbocycles. The molecule has 0 fully saturated rings. The monoisotopic (exact) mass is 480 g/mol. The maximum Gasteiger partial charge on any atom is 0.124 e. The Hall–Kier alpha value is -4.58. The van der Waals surface area contributed by atoms with Crippen LogP contribution in [0.4, 0.5) is 0 Å². The predicted molar refractivity (Wildman–Crippen MR) is 143 cm³/mol. The molecule has 4 aromatic rings. The molecule has 2 atom stereocenters. The molecule has 0 aromatic heterocycles. The second-order valence-electron chi connectivity index (χ2n) is 8.12. The van der Waals surface area contributed by atoms with Crippen LogP contribution in [0, 0.1) is 0 Å². The fraction of sp³-hybridized carbons (Fsp3) is 0.133. The normalized spacial score (nSPS) is 13.1. The molecular formula is C30H28N2O4. The third kappa shape index (κ3) is 5.91. The van der Waals surface area contributed by atoms with Gasteiger partial charge in [0.1, 0.15) is 35.1 Å². The molecule has 0 heterocycles. The van der Waals surface area contributed by atoms with E-state index >= 15 is 0 Å². The van der Waals surface area contributed by atoms with E-state index in [4.69, 9.17) is 19.5 Å². The average Bonchev–Trinajstić information content (AvgIpc) is 2.92. The van der Waals surface area contributed by atoms with E-state index in [0.29, 0.717) is 22.6 Å². The van der Waals surface area contributed by atoms with Crippen molar-refractivity contribution in [3.8, 4) is 23.0 Å². The maximum atomic E-state index is 10.3. The highest BCUT2D eigenvalue weighted by molar-refractivity contribution is 5.84. The summed E-state index contributed by atoms with van der Waals surface area (Å²) in [5.41, 5.74) is 2.95. The van der Waals surface area contributed by atoms with Gasteiger partial charge in [0.05, 0.1) is 14.2 Å². The fourth-order valence-electron chi connectivity index (χ4n) is 3.87. The zero-order valence-electron chi connectivity index (χ0n) is 20.2. The summed E-state index contributed by atoms with van der Waals surface area (Å²) < 4.78 is 10.9. The van der Waals surface area contributed by atoms with Crippen molar-refractivity contribution in [2.75, 3.05) is 14.2 Å². The standard InChI is InChI=1S/C30H28N2O4/c1-35-25-13-7-11-21(17-25)29(31-19-23-9-3-5-15-27(23)33)30(22-12-8-14-26(18-22)36-2)32-20-24-10-4-6-16-28(24)34/h3-20,29-30,33-34H,1-2H3/t29-,30+. The molecule has 182 valence electrons. The zero-order chi connectivity index (χ0) is 25.3. The Morgan fingerprint density at radius 2 is 1.00 bits per heavy atom. The van der Waals surface area contributed by atoms with Crippen molar-refractivity contribution in [1.29, 1.82) is 0 Å². The molecule has 0 aliphatic rings. The summed E-state index contributed by atoms with van der Waals surface area (Å²) in [6.07, 6.45) is 3.31. The van der Waals surface area contributed by atoms with Crippen LogP contribution in [0.1, 0.15) is 34.3 Å². The van der Waals surface area contributed by atoms with E-state index < -0.39 is 12.1 Å². The fourth-order valence-corrected chi connectivity index (χ4v) is 3.87. The summed E-state index contributed by atoms with van der Waals surface area (Å²) in [7, 11) is 3.24. The van der Waals surface area contributed by atoms with Crippen molar-refractivity contribution in [3.63, 3.8) is 0 Å². The Morgan fingerprint density at radius 1 is 0.583 bits per heavy atom. The van der Waals surface area contributed by atoms with Gasteiger partial charge in [-0.25, -0.2) is 0 Å². The third-order valence-corrected chi connectivity index (χ3v) is 5.79. The topological polar surface area (TPSA) is 83.6 Å². The lowest BCUT2D eigenvalue weighted by Crippen LogP contribution is -2.10. The quantitative estimate of drug-likeness (QED) is 0.282. The molecule has 0 radical (unpaired) electrons.